The van der Waals surface area contributed by atoms with Crippen LogP contribution in [0, 0.1) is 5.82 Å². The Kier molecular flexibility index (Phi) is 5.45. The third kappa shape index (κ3) is 3.96. The molecule has 0 spiro atoms. The molecule has 1 fully saturated rings. The molecule has 0 aliphatic heterocycles. The van der Waals surface area contributed by atoms with Gasteiger partial charge in [-0.15, -0.1) is 11.6 Å². The van der Waals surface area contributed by atoms with Crippen molar-refractivity contribution in [2.75, 3.05) is 12.4 Å². The van der Waals surface area contributed by atoms with Crippen LogP contribution in [0.15, 0.2) is 24.3 Å². The van der Waals surface area contributed by atoms with Gasteiger partial charge in [0.25, 0.3) is 0 Å². The van der Waals surface area contributed by atoms with E-state index in [1.165, 1.54) is 49.8 Å². The molecule has 0 saturated heterocycles. The molecule has 1 aromatic carbocycles. The minimum absolute atomic E-state index is 0.166. The summed E-state index contributed by atoms with van der Waals surface area (Å²) in [7, 11) is 0. The van der Waals surface area contributed by atoms with Crippen molar-refractivity contribution >= 4 is 11.6 Å². The predicted molar refractivity (Wildman–Crippen MR) is 74.4 cm³/mol. The Morgan fingerprint density at radius 2 is 1.78 bits per heavy atom. The van der Waals surface area contributed by atoms with Crippen molar-refractivity contribution in [3.05, 3.63) is 35.6 Å². The molecule has 0 heterocycles. The molecule has 0 amide bonds. The van der Waals surface area contributed by atoms with E-state index in [9.17, 15) is 4.39 Å². The molecule has 0 atom stereocenters. The van der Waals surface area contributed by atoms with E-state index in [0.717, 1.165) is 13.1 Å². The van der Waals surface area contributed by atoms with E-state index in [-0.39, 0.29) is 5.82 Å². The van der Waals surface area contributed by atoms with Crippen molar-refractivity contribution in [3.8, 4) is 0 Å². The fraction of sp³-hybridized carbons (Fsp3) is 0.600. The maximum atomic E-state index is 12.9. The molecule has 0 aromatic heterocycles. The number of hydrogen-bond acceptors (Lipinski definition) is 1. The number of hydrogen-bond donors (Lipinski definition) is 0. The van der Waals surface area contributed by atoms with Crippen molar-refractivity contribution in [2.45, 2.75) is 44.7 Å². The monoisotopic (exact) mass is 269 g/mol. The first kappa shape index (κ1) is 13.8. The van der Waals surface area contributed by atoms with Crippen LogP contribution in [-0.4, -0.2) is 23.4 Å². The van der Waals surface area contributed by atoms with E-state index < -0.39 is 0 Å². The first-order valence-electron chi connectivity index (χ1n) is 6.84. The lowest BCUT2D eigenvalue weighted by atomic mass is 9.94. The van der Waals surface area contributed by atoms with Gasteiger partial charge in [0.2, 0.25) is 0 Å². The zero-order valence-electron chi connectivity index (χ0n) is 10.7. The molecule has 0 unspecified atom stereocenters. The highest BCUT2D eigenvalue weighted by molar-refractivity contribution is 6.18. The zero-order chi connectivity index (χ0) is 12.8. The number of rotatable bonds is 5. The lowest BCUT2D eigenvalue weighted by Crippen LogP contribution is -2.37. The number of nitrogens with zero attached hydrogens (tertiary/aromatic N) is 1. The van der Waals surface area contributed by atoms with Crippen molar-refractivity contribution in [3.63, 3.8) is 0 Å². The molecule has 2 rings (SSSR count). The van der Waals surface area contributed by atoms with Gasteiger partial charge in [0.1, 0.15) is 5.82 Å². The highest BCUT2D eigenvalue weighted by atomic mass is 35.5. The maximum Gasteiger partial charge on any atom is 0.123 e. The smallest absolute Gasteiger partial charge is 0.123 e. The normalized spacial score (nSPS) is 17.3. The van der Waals surface area contributed by atoms with Crippen molar-refractivity contribution in [1.82, 2.24) is 4.90 Å². The van der Waals surface area contributed by atoms with Gasteiger partial charge >= 0.3 is 0 Å². The molecule has 18 heavy (non-hydrogen) atoms. The highest BCUT2D eigenvalue weighted by Gasteiger charge is 2.20. The van der Waals surface area contributed by atoms with Crippen molar-refractivity contribution in [1.29, 1.82) is 0 Å². The minimum atomic E-state index is -0.166. The summed E-state index contributed by atoms with van der Waals surface area (Å²) in [6.07, 6.45) is 6.57. The second kappa shape index (κ2) is 7.10. The Hall–Kier alpha value is -0.600. The summed E-state index contributed by atoms with van der Waals surface area (Å²) in [6.45, 7) is 1.81. The maximum absolute atomic E-state index is 12.9. The largest absolute Gasteiger partial charge is 0.295 e. The molecular weight excluding hydrogens is 249 g/mol. The third-order valence-corrected chi connectivity index (χ3v) is 3.93. The van der Waals surface area contributed by atoms with Crippen LogP contribution in [0.5, 0.6) is 0 Å². The van der Waals surface area contributed by atoms with Gasteiger partial charge in [0.15, 0.2) is 0 Å². The van der Waals surface area contributed by atoms with Crippen LogP contribution >= 0.6 is 11.6 Å². The summed E-state index contributed by atoms with van der Waals surface area (Å²) < 4.78 is 12.9. The van der Waals surface area contributed by atoms with E-state index in [1.807, 2.05) is 12.1 Å². The average molecular weight is 270 g/mol. The first-order chi connectivity index (χ1) is 8.79. The highest BCUT2D eigenvalue weighted by Crippen LogP contribution is 2.24. The Labute approximate surface area is 114 Å². The molecule has 0 N–H and O–H groups in total. The fourth-order valence-electron chi connectivity index (χ4n) is 2.77. The Bertz CT molecular complexity index is 346. The molecule has 1 aliphatic rings. The molecule has 3 heteroatoms. The van der Waals surface area contributed by atoms with Gasteiger partial charge in [-0.3, -0.25) is 4.90 Å². The molecule has 100 valence electrons. The van der Waals surface area contributed by atoms with Crippen molar-refractivity contribution in [2.24, 2.45) is 0 Å². The van der Waals surface area contributed by atoms with E-state index >= 15 is 0 Å². The summed E-state index contributed by atoms with van der Waals surface area (Å²) in [5.41, 5.74) is 1.17. The van der Waals surface area contributed by atoms with Crippen LogP contribution in [-0.2, 0) is 6.54 Å². The van der Waals surface area contributed by atoms with Crippen LogP contribution in [0.4, 0.5) is 4.39 Å². The van der Waals surface area contributed by atoms with E-state index in [0.29, 0.717) is 11.9 Å². The summed E-state index contributed by atoms with van der Waals surface area (Å²) in [4.78, 5) is 2.46. The van der Waals surface area contributed by atoms with Gasteiger partial charge in [-0.05, 0) is 30.5 Å². The minimum Gasteiger partial charge on any atom is -0.295 e. The van der Waals surface area contributed by atoms with E-state index in [2.05, 4.69) is 4.90 Å². The molecule has 1 saturated carbocycles. The number of benzene rings is 1. The van der Waals surface area contributed by atoms with Crippen molar-refractivity contribution < 1.29 is 4.39 Å². The Morgan fingerprint density at radius 3 is 2.39 bits per heavy atom. The second-order valence-corrected chi connectivity index (χ2v) is 5.46. The van der Waals surface area contributed by atoms with Crippen LogP contribution in [0.25, 0.3) is 0 Å². The van der Waals surface area contributed by atoms with Gasteiger partial charge in [-0.2, -0.15) is 0 Å². The Morgan fingerprint density at radius 1 is 1.11 bits per heavy atom. The molecule has 1 aliphatic carbocycles. The van der Waals surface area contributed by atoms with Crippen LogP contribution in [0.3, 0.4) is 0 Å². The van der Waals surface area contributed by atoms with Crippen LogP contribution in [0.1, 0.15) is 37.7 Å². The van der Waals surface area contributed by atoms with Gasteiger partial charge < -0.3 is 0 Å². The standard InChI is InChI=1S/C15H21ClFN/c16-10-11-18(15-4-2-1-3-5-15)12-13-6-8-14(17)9-7-13/h6-9,15H,1-5,10-12H2. The molecule has 0 bridgehead atoms. The molecule has 1 nitrogen and oxygen atoms in total. The summed E-state index contributed by atoms with van der Waals surface area (Å²) >= 11 is 5.91. The van der Waals surface area contributed by atoms with E-state index in [1.54, 1.807) is 0 Å². The summed E-state index contributed by atoms with van der Waals surface area (Å²) in [5, 5.41) is 0. The van der Waals surface area contributed by atoms with Crippen LogP contribution in [0.2, 0.25) is 0 Å². The fourth-order valence-corrected chi connectivity index (χ4v) is 2.99. The van der Waals surface area contributed by atoms with Gasteiger partial charge in [-0.1, -0.05) is 31.4 Å². The lowest BCUT2D eigenvalue weighted by molar-refractivity contribution is 0.157. The molecule has 1 aromatic rings. The summed E-state index contributed by atoms with van der Waals surface area (Å²) in [6, 6.07) is 7.48. The molecular formula is C15H21ClFN. The average Bonchev–Trinajstić information content (AvgIpc) is 2.42. The molecule has 0 radical (unpaired) electrons. The second-order valence-electron chi connectivity index (χ2n) is 5.08. The predicted octanol–water partition coefficient (Wildman–Crippen LogP) is 4.20. The zero-order valence-corrected chi connectivity index (χ0v) is 11.5. The quantitative estimate of drug-likeness (QED) is 0.724. The third-order valence-electron chi connectivity index (χ3n) is 3.76. The van der Waals surface area contributed by atoms with E-state index in [4.69, 9.17) is 11.6 Å². The number of halogens is 2. The first-order valence-corrected chi connectivity index (χ1v) is 7.37. The number of alkyl halides is 1. The lowest BCUT2D eigenvalue weighted by Gasteiger charge is -2.34. The SMILES string of the molecule is Fc1ccc(CN(CCCl)C2CCCCC2)cc1. The topological polar surface area (TPSA) is 3.24 Å². The van der Waals surface area contributed by atoms with Gasteiger partial charge in [-0.25, -0.2) is 4.39 Å². The van der Waals surface area contributed by atoms with Crippen LogP contribution < -0.4 is 0 Å². The van der Waals surface area contributed by atoms with Gasteiger partial charge in [0, 0.05) is 25.0 Å². The Balaban J connectivity index is 1.98. The van der Waals surface area contributed by atoms with Gasteiger partial charge in [0.05, 0.1) is 0 Å². The summed E-state index contributed by atoms with van der Waals surface area (Å²) in [5.74, 6) is 0.498.